The van der Waals surface area contributed by atoms with Crippen LogP contribution in [0.2, 0.25) is 0 Å². The van der Waals surface area contributed by atoms with Crippen LogP contribution in [0.1, 0.15) is 20.8 Å². The van der Waals surface area contributed by atoms with Crippen LogP contribution in [0.25, 0.3) is 0 Å². The Bertz CT molecular complexity index is 586. The van der Waals surface area contributed by atoms with Gasteiger partial charge in [0.05, 0.1) is 5.75 Å². The Hall–Kier alpha value is -2.03. The molecule has 0 spiro atoms. The summed E-state index contributed by atoms with van der Waals surface area (Å²) in [6.07, 6.45) is 3.02. The highest BCUT2D eigenvalue weighted by Gasteiger charge is 2.22. The van der Waals surface area contributed by atoms with Gasteiger partial charge in [-0.1, -0.05) is 0 Å². The predicted molar refractivity (Wildman–Crippen MR) is 102 cm³/mol. The standard InChI is InChI=1S/C17H27N5O3S/c1-17(2,3)25-16(24)20-7-12-26-13-14(23)21-8-10-22(11-9-21)15-18-5-4-6-19-15/h4-6H,7-13H2,1-3H3,(H,20,24). The van der Waals surface area contributed by atoms with Crippen molar-refractivity contribution in [3.8, 4) is 0 Å². The Morgan fingerprint density at radius 3 is 2.46 bits per heavy atom. The normalized spacial score (nSPS) is 14.9. The van der Waals surface area contributed by atoms with Crippen molar-refractivity contribution in [3.63, 3.8) is 0 Å². The van der Waals surface area contributed by atoms with E-state index in [2.05, 4.69) is 20.2 Å². The Balaban J connectivity index is 1.59. The number of nitrogens with one attached hydrogen (secondary N) is 1. The maximum Gasteiger partial charge on any atom is 0.407 e. The number of ether oxygens (including phenoxy) is 1. The molecule has 0 unspecified atom stereocenters. The first-order valence-corrected chi connectivity index (χ1v) is 9.85. The maximum absolute atomic E-state index is 12.3. The zero-order chi connectivity index (χ0) is 19.0. The number of alkyl carbamates (subject to hydrolysis) is 1. The summed E-state index contributed by atoms with van der Waals surface area (Å²) in [6.45, 7) is 8.77. The minimum atomic E-state index is -0.500. The molecule has 0 aliphatic carbocycles. The second-order valence-corrected chi connectivity index (χ2v) is 8.00. The monoisotopic (exact) mass is 381 g/mol. The summed E-state index contributed by atoms with van der Waals surface area (Å²) in [5, 5.41) is 2.69. The first-order chi connectivity index (χ1) is 12.3. The molecule has 9 heteroatoms. The fourth-order valence-electron chi connectivity index (χ4n) is 2.40. The number of thioether (sulfide) groups is 1. The van der Waals surface area contributed by atoms with E-state index in [9.17, 15) is 9.59 Å². The summed E-state index contributed by atoms with van der Waals surface area (Å²) in [6, 6.07) is 1.79. The van der Waals surface area contributed by atoms with Gasteiger partial charge >= 0.3 is 6.09 Å². The van der Waals surface area contributed by atoms with Gasteiger partial charge in [0, 0.05) is 50.9 Å². The van der Waals surface area contributed by atoms with E-state index in [1.54, 1.807) is 18.5 Å². The fourth-order valence-corrected chi connectivity index (χ4v) is 3.15. The van der Waals surface area contributed by atoms with Crippen LogP contribution in [0.15, 0.2) is 18.5 Å². The van der Waals surface area contributed by atoms with Crippen LogP contribution in [-0.4, -0.2) is 76.7 Å². The molecule has 2 amide bonds. The van der Waals surface area contributed by atoms with Crippen LogP contribution in [0.4, 0.5) is 10.7 Å². The van der Waals surface area contributed by atoms with E-state index >= 15 is 0 Å². The molecule has 1 N–H and O–H groups in total. The summed E-state index contributed by atoms with van der Waals surface area (Å²) in [5.74, 6) is 1.92. The molecule has 0 saturated carbocycles. The third kappa shape index (κ3) is 7.07. The topological polar surface area (TPSA) is 87.7 Å². The smallest absolute Gasteiger partial charge is 0.407 e. The van der Waals surface area contributed by atoms with Crippen molar-refractivity contribution in [2.24, 2.45) is 0 Å². The van der Waals surface area contributed by atoms with Crippen LogP contribution in [-0.2, 0) is 9.53 Å². The van der Waals surface area contributed by atoms with Crippen LogP contribution >= 0.6 is 11.8 Å². The van der Waals surface area contributed by atoms with Crippen molar-refractivity contribution in [3.05, 3.63) is 18.5 Å². The minimum Gasteiger partial charge on any atom is -0.444 e. The van der Waals surface area contributed by atoms with Crippen LogP contribution in [0.5, 0.6) is 0 Å². The van der Waals surface area contributed by atoms with Gasteiger partial charge in [-0.3, -0.25) is 4.79 Å². The molecule has 1 saturated heterocycles. The molecule has 8 nitrogen and oxygen atoms in total. The van der Waals surface area contributed by atoms with Crippen molar-refractivity contribution in [1.29, 1.82) is 0 Å². The van der Waals surface area contributed by atoms with Gasteiger partial charge in [0.15, 0.2) is 0 Å². The van der Waals surface area contributed by atoms with Crippen molar-refractivity contribution >= 4 is 29.7 Å². The Kier molecular flexibility index (Phi) is 7.50. The zero-order valence-electron chi connectivity index (χ0n) is 15.6. The Morgan fingerprint density at radius 1 is 1.19 bits per heavy atom. The Morgan fingerprint density at radius 2 is 1.85 bits per heavy atom. The lowest BCUT2D eigenvalue weighted by atomic mass is 10.2. The first kappa shape index (κ1) is 20.3. The maximum atomic E-state index is 12.3. The first-order valence-electron chi connectivity index (χ1n) is 8.69. The third-order valence-corrected chi connectivity index (χ3v) is 4.55. The molecular weight excluding hydrogens is 354 g/mol. The lowest BCUT2D eigenvalue weighted by molar-refractivity contribution is -0.128. The van der Waals surface area contributed by atoms with E-state index in [1.807, 2.05) is 25.7 Å². The SMILES string of the molecule is CC(C)(C)OC(=O)NCCSCC(=O)N1CCN(c2ncccn2)CC1. The third-order valence-electron chi connectivity index (χ3n) is 3.61. The molecule has 1 aliphatic heterocycles. The zero-order valence-corrected chi connectivity index (χ0v) is 16.4. The molecule has 0 bridgehead atoms. The average molecular weight is 382 g/mol. The molecule has 2 heterocycles. The van der Waals surface area contributed by atoms with E-state index in [-0.39, 0.29) is 5.91 Å². The molecule has 0 aromatic carbocycles. The quantitative estimate of drug-likeness (QED) is 0.745. The molecule has 1 fully saturated rings. The van der Waals surface area contributed by atoms with E-state index in [1.165, 1.54) is 11.8 Å². The highest BCUT2D eigenvalue weighted by molar-refractivity contribution is 7.99. The number of anilines is 1. The number of piperazine rings is 1. The Labute approximate surface area is 158 Å². The van der Waals surface area contributed by atoms with Crippen molar-refractivity contribution in [2.45, 2.75) is 26.4 Å². The van der Waals surface area contributed by atoms with E-state index in [0.29, 0.717) is 37.1 Å². The molecule has 0 radical (unpaired) electrons. The van der Waals surface area contributed by atoms with Crippen molar-refractivity contribution < 1.29 is 14.3 Å². The number of amides is 2. The molecule has 2 rings (SSSR count). The summed E-state index contributed by atoms with van der Waals surface area (Å²) >= 11 is 1.51. The molecule has 0 atom stereocenters. The van der Waals surface area contributed by atoms with Gasteiger partial charge < -0.3 is 19.9 Å². The summed E-state index contributed by atoms with van der Waals surface area (Å²) in [4.78, 5) is 36.2. The van der Waals surface area contributed by atoms with Gasteiger partial charge in [0.2, 0.25) is 11.9 Å². The lowest BCUT2D eigenvalue weighted by Gasteiger charge is -2.34. The van der Waals surface area contributed by atoms with Gasteiger partial charge in [-0.05, 0) is 26.8 Å². The molecule has 144 valence electrons. The van der Waals surface area contributed by atoms with Gasteiger partial charge in [-0.25, -0.2) is 14.8 Å². The summed E-state index contributed by atoms with van der Waals surface area (Å²) in [7, 11) is 0. The van der Waals surface area contributed by atoms with Gasteiger partial charge in [-0.15, -0.1) is 0 Å². The second-order valence-electron chi connectivity index (χ2n) is 6.90. The van der Waals surface area contributed by atoms with E-state index in [0.717, 1.165) is 13.1 Å². The number of hydrogen-bond donors (Lipinski definition) is 1. The van der Waals surface area contributed by atoms with Gasteiger partial charge in [-0.2, -0.15) is 11.8 Å². The van der Waals surface area contributed by atoms with E-state index < -0.39 is 11.7 Å². The molecule has 26 heavy (non-hydrogen) atoms. The number of nitrogens with zero attached hydrogens (tertiary/aromatic N) is 4. The van der Waals surface area contributed by atoms with Crippen LogP contribution in [0, 0.1) is 0 Å². The minimum absolute atomic E-state index is 0.126. The van der Waals surface area contributed by atoms with Gasteiger partial charge in [0.25, 0.3) is 0 Å². The lowest BCUT2D eigenvalue weighted by Crippen LogP contribution is -2.49. The van der Waals surface area contributed by atoms with Crippen molar-refractivity contribution in [2.75, 3.05) is 49.1 Å². The molecule has 1 aromatic rings. The molecule has 1 aliphatic rings. The number of hydrogen-bond acceptors (Lipinski definition) is 7. The predicted octanol–water partition coefficient (Wildman–Crippen LogP) is 1.38. The van der Waals surface area contributed by atoms with Crippen LogP contribution in [0.3, 0.4) is 0 Å². The van der Waals surface area contributed by atoms with Crippen LogP contribution < -0.4 is 10.2 Å². The number of aromatic nitrogens is 2. The van der Waals surface area contributed by atoms with Crippen molar-refractivity contribution in [1.82, 2.24) is 20.2 Å². The van der Waals surface area contributed by atoms with Gasteiger partial charge in [0.1, 0.15) is 5.60 Å². The molecular formula is C17H27N5O3S. The largest absolute Gasteiger partial charge is 0.444 e. The van der Waals surface area contributed by atoms with E-state index in [4.69, 9.17) is 4.74 Å². The average Bonchev–Trinajstić information content (AvgIpc) is 2.60. The summed E-state index contributed by atoms with van der Waals surface area (Å²) in [5.41, 5.74) is -0.500. The number of carbonyl (C=O) groups excluding carboxylic acids is 2. The highest BCUT2D eigenvalue weighted by atomic mass is 32.2. The number of rotatable bonds is 6. The molecule has 1 aromatic heterocycles. The fraction of sp³-hybridized carbons (Fsp3) is 0.647. The summed E-state index contributed by atoms with van der Waals surface area (Å²) < 4.78 is 5.16. The highest BCUT2D eigenvalue weighted by Crippen LogP contribution is 2.11. The second kappa shape index (κ2) is 9.61. The number of carbonyl (C=O) groups is 2.